The van der Waals surface area contributed by atoms with E-state index in [2.05, 4.69) is 26.3 Å². The van der Waals surface area contributed by atoms with Gasteiger partial charge in [0.25, 0.3) is 0 Å². The lowest BCUT2D eigenvalue weighted by Crippen LogP contribution is -2.28. The van der Waals surface area contributed by atoms with Crippen LogP contribution >= 0.6 is 15.9 Å². The number of aryl methyl sites for hydroxylation is 1. The molecule has 1 aromatic carbocycles. The number of halogens is 1. The van der Waals surface area contributed by atoms with E-state index in [0.717, 1.165) is 21.2 Å². The molecular formula is C13H15BrN4O2. The number of amides is 2. The number of carbonyl (C=O) groups excluding carboxylic acids is 2. The predicted octanol–water partition coefficient (Wildman–Crippen LogP) is 1.43. The first-order chi connectivity index (χ1) is 9.52. The Morgan fingerprint density at radius 1 is 1.55 bits per heavy atom. The average Bonchev–Trinajstić information content (AvgIpc) is 2.73. The number of imide groups is 1. The number of fused-ring (bicyclic) bond motifs is 1. The molecule has 0 spiro atoms. The van der Waals surface area contributed by atoms with Gasteiger partial charge in [-0.3, -0.25) is 19.6 Å². The molecule has 0 saturated carbocycles. The highest BCUT2D eigenvalue weighted by Crippen LogP contribution is 2.27. The topological polar surface area (TPSA) is 67.2 Å². The van der Waals surface area contributed by atoms with Crippen molar-refractivity contribution in [2.24, 2.45) is 7.05 Å². The minimum Gasteiger partial charge on any atom is -0.357 e. The summed E-state index contributed by atoms with van der Waals surface area (Å²) in [6, 6.07) is 5.95. The fourth-order valence-corrected chi connectivity index (χ4v) is 2.36. The van der Waals surface area contributed by atoms with Crippen molar-refractivity contribution in [1.82, 2.24) is 15.1 Å². The van der Waals surface area contributed by atoms with Gasteiger partial charge >= 0.3 is 0 Å². The molecule has 2 rings (SSSR count). The van der Waals surface area contributed by atoms with Crippen molar-refractivity contribution in [2.75, 3.05) is 18.5 Å². The highest BCUT2D eigenvalue weighted by atomic mass is 79.9. The minimum absolute atomic E-state index is 0.240. The summed E-state index contributed by atoms with van der Waals surface area (Å²) in [5.74, 6) is 0.517. The van der Waals surface area contributed by atoms with Gasteiger partial charge in [0.1, 0.15) is 0 Å². The van der Waals surface area contributed by atoms with E-state index in [1.54, 1.807) is 4.68 Å². The summed E-state index contributed by atoms with van der Waals surface area (Å²) in [5, 5.41) is 7.62. The molecule has 0 atom stereocenters. The molecule has 1 heterocycles. The van der Waals surface area contributed by atoms with Gasteiger partial charge in [0.05, 0.1) is 5.52 Å². The van der Waals surface area contributed by atoms with Crippen LogP contribution in [0.3, 0.4) is 0 Å². The second kappa shape index (κ2) is 6.04. The van der Waals surface area contributed by atoms with Crippen LogP contribution in [0.2, 0.25) is 0 Å². The van der Waals surface area contributed by atoms with Gasteiger partial charge in [0.2, 0.25) is 12.3 Å². The van der Waals surface area contributed by atoms with E-state index in [9.17, 15) is 9.59 Å². The zero-order chi connectivity index (χ0) is 14.7. The number of aromatic nitrogens is 2. The van der Waals surface area contributed by atoms with Crippen LogP contribution in [-0.2, 0) is 16.6 Å². The molecular weight excluding hydrogens is 324 g/mol. The second-order valence-corrected chi connectivity index (χ2v) is 5.38. The minimum atomic E-state index is -0.296. The van der Waals surface area contributed by atoms with E-state index in [1.807, 2.05) is 37.2 Å². The van der Waals surface area contributed by atoms with Crippen LogP contribution in [0.15, 0.2) is 22.7 Å². The first-order valence-corrected chi connectivity index (χ1v) is 6.88. The largest absolute Gasteiger partial charge is 0.357 e. The maximum Gasteiger partial charge on any atom is 0.228 e. The Morgan fingerprint density at radius 3 is 3.00 bits per heavy atom. The van der Waals surface area contributed by atoms with Crippen molar-refractivity contribution in [2.45, 2.75) is 6.42 Å². The smallest absolute Gasteiger partial charge is 0.228 e. The fourth-order valence-electron chi connectivity index (χ4n) is 2.01. The summed E-state index contributed by atoms with van der Waals surface area (Å²) in [6.45, 7) is 0.488. The lowest BCUT2D eigenvalue weighted by Gasteiger charge is -2.15. The van der Waals surface area contributed by atoms with Crippen LogP contribution in [0.25, 0.3) is 10.9 Å². The van der Waals surface area contributed by atoms with Gasteiger partial charge in [-0.25, -0.2) is 0 Å². The third-order valence-electron chi connectivity index (χ3n) is 3.05. The Balaban J connectivity index is 2.20. The highest BCUT2D eigenvalue weighted by Gasteiger charge is 2.13. The normalized spacial score (nSPS) is 10.6. The molecule has 0 aliphatic rings. The van der Waals surface area contributed by atoms with Gasteiger partial charge in [0.15, 0.2) is 5.82 Å². The number of anilines is 1. The van der Waals surface area contributed by atoms with Crippen molar-refractivity contribution < 1.29 is 9.59 Å². The lowest BCUT2D eigenvalue weighted by atomic mass is 10.2. The second-order valence-electron chi connectivity index (χ2n) is 4.47. The van der Waals surface area contributed by atoms with Crippen LogP contribution in [0.5, 0.6) is 0 Å². The molecule has 0 unspecified atom stereocenters. The molecule has 0 bridgehead atoms. The molecule has 6 nitrogen and oxygen atoms in total. The van der Waals surface area contributed by atoms with Crippen molar-refractivity contribution in [3.05, 3.63) is 22.7 Å². The molecule has 0 aliphatic carbocycles. The van der Waals surface area contributed by atoms with Crippen LogP contribution in [0.1, 0.15) is 6.42 Å². The zero-order valence-electron chi connectivity index (χ0n) is 11.3. The van der Waals surface area contributed by atoms with Crippen LogP contribution in [-0.4, -0.2) is 35.7 Å². The quantitative estimate of drug-likeness (QED) is 0.837. The summed E-state index contributed by atoms with van der Waals surface area (Å²) in [4.78, 5) is 23.4. The molecule has 0 radical (unpaired) electrons. The summed E-state index contributed by atoms with van der Waals surface area (Å²) in [6.07, 6.45) is 0.639. The van der Waals surface area contributed by atoms with Gasteiger partial charge in [-0.2, -0.15) is 5.10 Å². The maximum absolute atomic E-state index is 11.3. The van der Waals surface area contributed by atoms with Crippen LogP contribution < -0.4 is 10.2 Å². The molecule has 1 aromatic heterocycles. The fraction of sp³-hybridized carbons (Fsp3) is 0.308. The first-order valence-electron chi connectivity index (χ1n) is 6.09. The van der Waals surface area contributed by atoms with Gasteiger partial charge in [0, 0.05) is 36.9 Å². The van der Waals surface area contributed by atoms with Gasteiger partial charge in [-0.15, -0.1) is 0 Å². The average molecular weight is 339 g/mol. The van der Waals surface area contributed by atoms with Crippen molar-refractivity contribution in [3.63, 3.8) is 0 Å². The van der Waals surface area contributed by atoms with Crippen LogP contribution in [0, 0.1) is 0 Å². The molecule has 0 saturated heterocycles. The monoisotopic (exact) mass is 338 g/mol. The molecule has 1 N–H and O–H groups in total. The molecule has 106 valence electrons. The van der Waals surface area contributed by atoms with Gasteiger partial charge in [-0.05, 0) is 18.2 Å². The van der Waals surface area contributed by atoms with E-state index in [4.69, 9.17) is 0 Å². The number of rotatable bonds is 5. The molecule has 20 heavy (non-hydrogen) atoms. The number of nitrogens with zero attached hydrogens (tertiary/aromatic N) is 3. The Kier molecular flexibility index (Phi) is 4.39. The van der Waals surface area contributed by atoms with E-state index in [-0.39, 0.29) is 12.3 Å². The molecule has 2 aromatic rings. The third kappa shape index (κ3) is 2.98. The van der Waals surface area contributed by atoms with E-state index < -0.39 is 0 Å². The molecule has 0 aliphatic heterocycles. The Labute approximate surface area is 124 Å². The molecule has 2 amide bonds. The number of benzene rings is 1. The van der Waals surface area contributed by atoms with Gasteiger partial charge < -0.3 is 4.90 Å². The van der Waals surface area contributed by atoms with Crippen molar-refractivity contribution in [3.8, 4) is 0 Å². The summed E-state index contributed by atoms with van der Waals surface area (Å²) in [7, 11) is 3.75. The zero-order valence-corrected chi connectivity index (χ0v) is 12.8. The van der Waals surface area contributed by atoms with Crippen LogP contribution in [0.4, 0.5) is 5.82 Å². The number of carbonyl (C=O) groups is 2. The van der Waals surface area contributed by atoms with Crippen molar-refractivity contribution >= 4 is 45.0 Å². The van der Waals surface area contributed by atoms with E-state index in [1.165, 1.54) is 0 Å². The molecule has 0 fully saturated rings. The first kappa shape index (κ1) is 14.5. The Bertz CT molecular complexity index is 653. The maximum atomic E-state index is 11.3. The highest BCUT2D eigenvalue weighted by molar-refractivity contribution is 9.10. The van der Waals surface area contributed by atoms with E-state index in [0.29, 0.717) is 13.0 Å². The molecule has 7 heteroatoms. The number of hydrogen-bond acceptors (Lipinski definition) is 4. The van der Waals surface area contributed by atoms with Crippen molar-refractivity contribution in [1.29, 1.82) is 0 Å². The lowest BCUT2D eigenvalue weighted by molar-refractivity contribution is -0.125. The van der Waals surface area contributed by atoms with E-state index >= 15 is 0 Å². The SMILES string of the molecule is CN(CCC(=O)NC=O)c1nn(C)c2cc(Br)ccc12. The summed E-state index contributed by atoms with van der Waals surface area (Å²) in [5.41, 5.74) is 1.01. The standard InChI is InChI=1S/C13H15BrN4O2/c1-17(6-5-12(20)15-8-19)13-10-4-3-9(14)7-11(10)18(2)16-13/h3-4,7-8H,5-6H2,1-2H3,(H,15,19,20). The summed E-state index contributed by atoms with van der Waals surface area (Å²) >= 11 is 3.44. The Morgan fingerprint density at radius 2 is 2.30 bits per heavy atom. The summed E-state index contributed by atoms with van der Waals surface area (Å²) < 4.78 is 2.80. The third-order valence-corrected chi connectivity index (χ3v) is 3.54. The Hall–Kier alpha value is -1.89. The van der Waals surface area contributed by atoms with Gasteiger partial charge in [-0.1, -0.05) is 15.9 Å². The number of nitrogens with one attached hydrogen (secondary N) is 1. The number of hydrogen-bond donors (Lipinski definition) is 1. The predicted molar refractivity (Wildman–Crippen MR) is 80.5 cm³/mol.